The van der Waals surface area contributed by atoms with Gasteiger partial charge in [-0.25, -0.2) is 0 Å². The number of carbonyl (C=O) groups is 1. The highest BCUT2D eigenvalue weighted by Gasteiger charge is 2.20. The number of halogens is 3. The van der Waals surface area contributed by atoms with Crippen LogP contribution in [0.5, 0.6) is 5.75 Å². The molecule has 1 amide bonds. The Morgan fingerprint density at radius 3 is 2.48 bits per heavy atom. The summed E-state index contributed by atoms with van der Waals surface area (Å²) in [5.41, 5.74) is 0. The summed E-state index contributed by atoms with van der Waals surface area (Å²) >= 11 is 6.04. The van der Waals surface area contributed by atoms with Gasteiger partial charge in [-0.1, -0.05) is 23.7 Å². The van der Waals surface area contributed by atoms with Gasteiger partial charge >= 0.3 is 0 Å². The third-order valence-corrected chi connectivity index (χ3v) is 3.87. The van der Waals surface area contributed by atoms with Crippen LogP contribution in [0.4, 0.5) is 0 Å². The molecule has 132 valence electrons. The van der Waals surface area contributed by atoms with E-state index >= 15 is 0 Å². The van der Waals surface area contributed by atoms with Gasteiger partial charge in [0.25, 0.3) is 0 Å². The number of carbonyl (C=O) groups excluding carboxylic acids is 1. The van der Waals surface area contributed by atoms with Crippen LogP contribution < -0.4 is 10.1 Å². The van der Waals surface area contributed by atoms with E-state index < -0.39 is 0 Å². The van der Waals surface area contributed by atoms with Gasteiger partial charge in [0, 0.05) is 32.7 Å². The molecule has 0 atom stereocenters. The summed E-state index contributed by atoms with van der Waals surface area (Å²) in [5, 5.41) is 3.54. The molecule has 1 aliphatic heterocycles. The predicted octanol–water partition coefficient (Wildman–Crippen LogP) is 1.93. The van der Waals surface area contributed by atoms with E-state index in [2.05, 4.69) is 10.2 Å². The third-order valence-electron chi connectivity index (χ3n) is 3.55. The third kappa shape index (κ3) is 7.14. The fourth-order valence-corrected chi connectivity index (χ4v) is 2.52. The second-order valence-corrected chi connectivity index (χ2v) is 5.44. The zero-order valence-corrected chi connectivity index (χ0v) is 15.6. The topological polar surface area (TPSA) is 44.8 Å². The van der Waals surface area contributed by atoms with E-state index in [0.717, 1.165) is 38.5 Å². The summed E-state index contributed by atoms with van der Waals surface area (Å²) in [6.07, 6.45) is 0. The van der Waals surface area contributed by atoms with E-state index in [1.54, 1.807) is 7.05 Å². The van der Waals surface area contributed by atoms with Gasteiger partial charge in [0.1, 0.15) is 12.4 Å². The fraction of sp³-hybridized carbons (Fsp3) is 0.533. The molecule has 0 radical (unpaired) electrons. The minimum atomic E-state index is 0. The zero-order valence-electron chi connectivity index (χ0n) is 13.2. The van der Waals surface area contributed by atoms with Gasteiger partial charge in [0.15, 0.2) is 0 Å². The number of hydrogen-bond acceptors (Lipinski definition) is 4. The molecular weight excluding hydrogens is 361 g/mol. The van der Waals surface area contributed by atoms with E-state index in [0.29, 0.717) is 18.2 Å². The molecule has 0 aromatic heterocycles. The van der Waals surface area contributed by atoms with Crippen molar-refractivity contribution in [1.82, 2.24) is 15.1 Å². The Bertz CT molecular complexity index is 469. The molecule has 0 saturated carbocycles. The van der Waals surface area contributed by atoms with E-state index in [1.165, 1.54) is 0 Å². The van der Waals surface area contributed by atoms with Gasteiger partial charge in [-0.05, 0) is 19.2 Å². The van der Waals surface area contributed by atoms with Crippen molar-refractivity contribution >= 4 is 42.3 Å². The van der Waals surface area contributed by atoms with Gasteiger partial charge in [0.2, 0.25) is 5.91 Å². The SMILES string of the molecule is CNCC(=O)N1CCN(CCOc2ccccc2Cl)CC1.Cl.Cl. The number of rotatable bonds is 6. The number of likely N-dealkylation sites (N-methyl/N-ethyl adjacent to an activating group) is 1. The summed E-state index contributed by atoms with van der Waals surface area (Å²) in [6.45, 7) is 5.21. The highest BCUT2D eigenvalue weighted by Crippen LogP contribution is 2.22. The molecule has 2 rings (SSSR count). The van der Waals surface area contributed by atoms with Crippen LogP contribution >= 0.6 is 36.4 Å². The van der Waals surface area contributed by atoms with Crippen LogP contribution in [-0.4, -0.2) is 68.6 Å². The first-order chi connectivity index (χ1) is 10.2. The molecule has 8 heteroatoms. The number of para-hydroxylation sites is 1. The van der Waals surface area contributed by atoms with Crippen LogP contribution in [0.25, 0.3) is 0 Å². The van der Waals surface area contributed by atoms with Gasteiger partial charge in [0.05, 0.1) is 11.6 Å². The molecule has 1 fully saturated rings. The zero-order chi connectivity index (χ0) is 15.1. The van der Waals surface area contributed by atoms with E-state index in [4.69, 9.17) is 16.3 Å². The normalized spacial score (nSPS) is 14.6. The average Bonchev–Trinajstić information content (AvgIpc) is 2.50. The Morgan fingerprint density at radius 2 is 1.87 bits per heavy atom. The molecule has 0 unspecified atom stereocenters. The smallest absolute Gasteiger partial charge is 0.236 e. The van der Waals surface area contributed by atoms with E-state index in [-0.39, 0.29) is 30.7 Å². The highest BCUT2D eigenvalue weighted by atomic mass is 35.5. The number of hydrogen-bond donors (Lipinski definition) is 1. The largest absolute Gasteiger partial charge is 0.491 e. The Morgan fingerprint density at radius 1 is 1.22 bits per heavy atom. The first-order valence-electron chi connectivity index (χ1n) is 7.23. The molecule has 1 aromatic rings. The van der Waals surface area contributed by atoms with Crippen molar-refractivity contribution in [3.8, 4) is 5.75 Å². The second-order valence-electron chi connectivity index (χ2n) is 5.03. The van der Waals surface area contributed by atoms with Crippen LogP contribution in [0.2, 0.25) is 5.02 Å². The molecule has 1 aliphatic rings. The lowest BCUT2D eigenvalue weighted by Crippen LogP contribution is -2.51. The van der Waals surface area contributed by atoms with Crippen LogP contribution in [0, 0.1) is 0 Å². The maximum Gasteiger partial charge on any atom is 0.236 e. The second kappa shape index (κ2) is 11.8. The first-order valence-corrected chi connectivity index (χ1v) is 7.60. The lowest BCUT2D eigenvalue weighted by atomic mass is 10.3. The van der Waals surface area contributed by atoms with Crippen molar-refractivity contribution in [3.63, 3.8) is 0 Å². The lowest BCUT2D eigenvalue weighted by molar-refractivity contribution is -0.131. The highest BCUT2D eigenvalue weighted by molar-refractivity contribution is 6.32. The summed E-state index contributed by atoms with van der Waals surface area (Å²) in [5.74, 6) is 0.895. The molecule has 1 saturated heterocycles. The minimum absolute atomic E-state index is 0. The first kappa shape index (κ1) is 22.3. The molecule has 1 heterocycles. The number of piperazine rings is 1. The Balaban J connectivity index is 0.00000242. The van der Waals surface area contributed by atoms with Gasteiger partial charge in [-0.3, -0.25) is 9.69 Å². The molecule has 0 aliphatic carbocycles. The van der Waals surface area contributed by atoms with Gasteiger partial charge in [-0.15, -0.1) is 24.8 Å². The van der Waals surface area contributed by atoms with Crippen LogP contribution in [0.15, 0.2) is 24.3 Å². The molecule has 5 nitrogen and oxygen atoms in total. The summed E-state index contributed by atoms with van der Waals surface area (Å²) in [4.78, 5) is 16.0. The predicted molar refractivity (Wildman–Crippen MR) is 98.4 cm³/mol. The van der Waals surface area contributed by atoms with Crippen molar-refractivity contribution in [1.29, 1.82) is 0 Å². The van der Waals surface area contributed by atoms with E-state index in [1.807, 2.05) is 29.2 Å². The minimum Gasteiger partial charge on any atom is -0.491 e. The number of amides is 1. The number of benzene rings is 1. The Hall–Kier alpha value is -0.720. The van der Waals surface area contributed by atoms with Crippen molar-refractivity contribution in [2.24, 2.45) is 0 Å². The van der Waals surface area contributed by atoms with Gasteiger partial charge in [-0.2, -0.15) is 0 Å². The van der Waals surface area contributed by atoms with Crippen molar-refractivity contribution < 1.29 is 9.53 Å². The maximum absolute atomic E-state index is 11.7. The number of nitrogens with one attached hydrogen (secondary N) is 1. The fourth-order valence-electron chi connectivity index (χ4n) is 2.33. The van der Waals surface area contributed by atoms with Crippen molar-refractivity contribution in [3.05, 3.63) is 29.3 Å². The lowest BCUT2D eigenvalue weighted by Gasteiger charge is -2.34. The molecule has 23 heavy (non-hydrogen) atoms. The summed E-state index contributed by atoms with van der Waals surface area (Å²) in [6, 6.07) is 7.49. The molecular formula is C15H24Cl3N3O2. The van der Waals surface area contributed by atoms with Crippen molar-refractivity contribution in [2.75, 3.05) is 52.9 Å². The van der Waals surface area contributed by atoms with Crippen LogP contribution in [0.3, 0.4) is 0 Å². The average molecular weight is 385 g/mol. The standard InChI is InChI=1S/C15H22ClN3O2.2ClH/c1-17-12-15(20)19-8-6-18(7-9-19)10-11-21-14-5-3-2-4-13(14)16;;/h2-5,17H,6-12H2,1H3;2*1H. The van der Waals surface area contributed by atoms with Crippen LogP contribution in [-0.2, 0) is 4.79 Å². The Labute approximate surface area is 155 Å². The van der Waals surface area contributed by atoms with Gasteiger partial charge < -0.3 is 15.0 Å². The number of ether oxygens (including phenoxy) is 1. The molecule has 1 N–H and O–H groups in total. The molecule has 0 bridgehead atoms. The van der Waals surface area contributed by atoms with E-state index in [9.17, 15) is 4.79 Å². The maximum atomic E-state index is 11.7. The Kier molecular flexibility index (Phi) is 11.4. The van der Waals surface area contributed by atoms with Crippen molar-refractivity contribution in [2.45, 2.75) is 0 Å². The number of nitrogens with zero attached hydrogens (tertiary/aromatic N) is 2. The quantitative estimate of drug-likeness (QED) is 0.814. The van der Waals surface area contributed by atoms with Crippen LogP contribution in [0.1, 0.15) is 0 Å². The summed E-state index contributed by atoms with van der Waals surface area (Å²) in [7, 11) is 1.79. The molecule has 0 spiro atoms. The monoisotopic (exact) mass is 383 g/mol. The summed E-state index contributed by atoms with van der Waals surface area (Å²) < 4.78 is 5.69. The molecule has 1 aromatic carbocycles.